The van der Waals surface area contributed by atoms with Gasteiger partial charge < -0.3 is 20.5 Å². The van der Waals surface area contributed by atoms with Gasteiger partial charge in [0.15, 0.2) is 5.75 Å². The first-order valence-corrected chi connectivity index (χ1v) is 8.34. The van der Waals surface area contributed by atoms with Crippen LogP contribution >= 0.6 is 0 Å². The first-order chi connectivity index (χ1) is 11.3. The van der Waals surface area contributed by atoms with Crippen molar-refractivity contribution in [3.05, 3.63) is 23.8 Å². The van der Waals surface area contributed by atoms with Crippen LogP contribution in [0.1, 0.15) is 56.8 Å². The monoisotopic (exact) mass is 334 g/mol. The Balaban J connectivity index is 2.08. The third-order valence-corrected chi connectivity index (χ3v) is 4.12. The largest absolute Gasteiger partial charge is 0.488 e. The summed E-state index contributed by atoms with van der Waals surface area (Å²) >= 11 is 0. The topological polar surface area (TPSA) is 90.7 Å². The van der Waals surface area contributed by atoms with E-state index in [9.17, 15) is 9.59 Å². The van der Waals surface area contributed by atoms with E-state index in [1.165, 1.54) is 0 Å². The van der Waals surface area contributed by atoms with Gasteiger partial charge in [-0.25, -0.2) is 0 Å². The minimum Gasteiger partial charge on any atom is -0.488 e. The number of benzene rings is 1. The number of rotatable bonds is 7. The van der Waals surface area contributed by atoms with Crippen LogP contribution in [0.5, 0.6) is 5.75 Å². The van der Waals surface area contributed by atoms with Crippen molar-refractivity contribution in [1.82, 2.24) is 0 Å². The molecule has 2 amide bonds. The van der Waals surface area contributed by atoms with Crippen LogP contribution < -0.4 is 15.8 Å². The summed E-state index contributed by atoms with van der Waals surface area (Å²) < 4.78 is 11.5. The smallest absolute Gasteiger partial charge is 0.252 e. The maximum absolute atomic E-state index is 12.2. The summed E-state index contributed by atoms with van der Waals surface area (Å²) in [6, 6.07) is 4.91. The van der Waals surface area contributed by atoms with Crippen molar-refractivity contribution in [2.45, 2.75) is 58.2 Å². The summed E-state index contributed by atoms with van der Waals surface area (Å²) in [6.45, 7) is 5.69. The number of anilines is 1. The number of primary amides is 1. The zero-order valence-corrected chi connectivity index (χ0v) is 14.6. The number of hydrogen-bond donors (Lipinski definition) is 2. The van der Waals surface area contributed by atoms with E-state index in [-0.39, 0.29) is 29.8 Å². The third-order valence-electron chi connectivity index (χ3n) is 4.12. The summed E-state index contributed by atoms with van der Waals surface area (Å²) in [4.78, 5) is 23.8. The van der Waals surface area contributed by atoms with E-state index in [0.29, 0.717) is 11.4 Å². The molecule has 6 heteroatoms. The maximum atomic E-state index is 12.2. The molecule has 0 saturated heterocycles. The zero-order valence-electron chi connectivity index (χ0n) is 14.6. The third kappa shape index (κ3) is 4.71. The first-order valence-electron chi connectivity index (χ1n) is 8.34. The average molecular weight is 334 g/mol. The molecule has 1 aliphatic rings. The van der Waals surface area contributed by atoms with Crippen molar-refractivity contribution >= 4 is 17.5 Å². The number of ether oxygens (including phenoxy) is 2. The molecule has 0 spiro atoms. The van der Waals surface area contributed by atoms with Crippen LogP contribution in [0.15, 0.2) is 18.2 Å². The van der Waals surface area contributed by atoms with Gasteiger partial charge in [-0.3, -0.25) is 9.59 Å². The number of nitrogens with two attached hydrogens (primary N) is 1. The van der Waals surface area contributed by atoms with E-state index in [2.05, 4.69) is 5.32 Å². The van der Waals surface area contributed by atoms with E-state index in [1.807, 2.05) is 20.8 Å². The lowest BCUT2D eigenvalue weighted by molar-refractivity contribution is -0.126. The van der Waals surface area contributed by atoms with Gasteiger partial charge in [0.1, 0.15) is 6.61 Å². The normalized spacial score (nSPS) is 16.2. The van der Waals surface area contributed by atoms with Crippen LogP contribution in [0.2, 0.25) is 0 Å². The Morgan fingerprint density at radius 2 is 1.96 bits per heavy atom. The Hall–Kier alpha value is -2.08. The Morgan fingerprint density at radius 1 is 1.29 bits per heavy atom. The second-order valence-corrected chi connectivity index (χ2v) is 6.71. The lowest BCUT2D eigenvalue weighted by Gasteiger charge is -2.24. The van der Waals surface area contributed by atoms with Gasteiger partial charge in [0.05, 0.1) is 23.0 Å². The molecule has 3 N–H and O–H groups in total. The molecule has 0 bridgehead atoms. The fourth-order valence-corrected chi connectivity index (χ4v) is 2.89. The number of para-hydroxylation sites is 1. The van der Waals surface area contributed by atoms with Gasteiger partial charge in [-0.2, -0.15) is 0 Å². The zero-order chi connectivity index (χ0) is 17.7. The summed E-state index contributed by atoms with van der Waals surface area (Å²) in [5.41, 5.74) is 5.84. The van der Waals surface area contributed by atoms with Crippen molar-refractivity contribution in [2.75, 3.05) is 11.9 Å². The van der Waals surface area contributed by atoms with Crippen molar-refractivity contribution in [2.24, 2.45) is 5.73 Å². The highest BCUT2D eigenvalue weighted by molar-refractivity contribution is 6.00. The molecule has 0 heterocycles. The molecule has 0 unspecified atom stereocenters. The Kier molecular flexibility index (Phi) is 5.83. The van der Waals surface area contributed by atoms with Gasteiger partial charge in [-0.15, -0.1) is 0 Å². The highest BCUT2D eigenvalue weighted by atomic mass is 16.5. The Morgan fingerprint density at radius 3 is 2.54 bits per heavy atom. The molecule has 6 nitrogen and oxygen atoms in total. The average Bonchev–Trinajstić information content (AvgIpc) is 2.93. The minimum absolute atomic E-state index is 0.0293. The van der Waals surface area contributed by atoms with Crippen molar-refractivity contribution in [1.29, 1.82) is 0 Å². The first kappa shape index (κ1) is 18.3. The molecule has 0 aromatic heterocycles. The predicted molar refractivity (Wildman–Crippen MR) is 92.2 cm³/mol. The minimum atomic E-state index is -0.600. The van der Waals surface area contributed by atoms with Crippen LogP contribution in [0.25, 0.3) is 0 Å². The summed E-state index contributed by atoms with van der Waals surface area (Å²) in [5.74, 6) is -0.588. The fraction of sp³-hybridized carbons (Fsp3) is 0.556. The van der Waals surface area contributed by atoms with Crippen LogP contribution in [-0.2, 0) is 9.53 Å². The van der Waals surface area contributed by atoms with Gasteiger partial charge in [0.25, 0.3) is 5.91 Å². The molecule has 1 saturated carbocycles. The number of carbonyl (C=O) groups excluding carboxylic acids is 2. The maximum Gasteiger partial charge on any atom is 0.252 e. The molecule has 0 atom stereocenters. The second-order valence-electron chi connectivity index (χ2n) is 6.71. The van der Waals surface area contributed by atoms with Crippen molar-refractivity contribution in [3.8, 4) is 5.75 Å². The highest BCUT2D eigenvalue weighted by Gasteiger charge is 2.30. The molecule has 1 aromatic rings. The second kappa shape index (κ2) is 7.66. The quantitative estimate of drug-likeness (QED) is 0.802. The number of carbonyl (C=O) groups is 2. The molecule has 0 aliphatic heterocycles. The molecule has 0 radical (unpaired) electrons. The van der Waals surface area contributed by atoms with Crippen molar-refractivity contribution in [3.63, 3.8) is 0 Å². The van der Waals surface area contributed by atoms with Gasteiger partial charge in [0.2, 0.25) is 5.91 Å². The molecule has 1 aliphatic carbocycles. The van der Waals surface area contributed by atoms with Gasteiger partial charge in [-0.1, -0.05) is 18.9 Å². The Labute approximate surface area is 142 Å². The Bertz CT molecular complexity index is 607. The molecule has 1 aromatic carbocycles. The highest BCUT2D eigenvalue weighted by Crippen LogP contribution is 2.33. The molecular weight excluding hydrogens is 308 g/mol. The van der Waals surface area contributed by atoms with Crippen molar-refractivity contribution < 1.29 is 19.1 Å². The lowest BCUT2D eigenvalue weighted by Crippen LogP contribution is -2.30. The van der Waals surface area contributed by atoms with E-state index in [0.717, 1.165) is 25.7 Å². The SMILES string of the molecule is CC(C)Oc1c(NC(=O)COC2(C)CCCC2)cccc1C(N)=O. The number of nitrogens with one attached hydrogen (secondary N) is 1. The van der Waals surface area contributed by atoms with E-state index >= 15 is 0 Å². The van der Waals surface area contributed by atoms with Gasteiger partial charge in [0, 0.05) is 0 Å². The van der Waals surface area contributed by atoms with E-state index < -0.39 is 5.91 Å². The summed E-state index contributed by atoms with van der Waals surface area (Å²) in [6.07, 6.45) is 4.05. The fourth-order valence-electron chi connectivity index (χ4n) is 2.89. The van der Waals surface area contributed by atoms with Gasteiger partial charge >= 0.3 is 0 Å². The summed E-state index contributed by atoms with van der Waals surface area (Å²) in [5, 5.41) is 2.76. The molecule has 1 fully saturated rings. The van der Waals surface area contributed by atoms with E-state index in [1.54, 1.807) is 18.2 Å². The summed E-state index contributed by atoms with van der Waals surface area (Å²) in [7, 11) is 0. The molecule has 2 rings (SSSR count). The molecule has 24 heavy (non-hydrogen) atoms. The number of amides is 2. The van der Waals surface area contributed by atoms with Gasteiger partial charge in [-0.05, 0) is 45.7 Å². The van der Waals surface area contributed by atoms with Crippen LogP contribution in [0.4, 0.5) is 5.69 Å². The van der Waals surface area contributed by atoms with Crippen LogP contribution in [0.3, 0.4) is 0 Å². The standard InChI is InChI=1S/C18H26N2O4/c1-12(2)24-16-13(17(19)22)7-6-8-14(16)20-15(21)11-23-18(3)9-4-5-10-18/h6-8,12H,4-5,9-11H2,1-3H3,(H2,19,22)(H,20,21). The lowest BCUT2D eigenvalue weighted by atomic mass is 10.1. The van der Waals surface area contributed by atoms with Crippen LogP contribution in [-0.4, -0.2) is 30.1 Å². The number of hydrogen-bond acceptors (Lipinski definition) is 4. The molecule has 132 valence electrons. The van der Waals surface area contributed by atoms with Crippen LogP contribution in [0, 0.1) is 0 Å². The van der Waals surface area contributed by atoms with E-state index in [4.69, 9.17) is 15.2 Å². The molecular formula is C18H26N2O4. The predicted octanol–water partition coefficient (Wildman–Crippen LogP) is 2.86.